The predicted molar refractivity (Wildman–Crippen MR) is 29.1 cm³/mol. The van der Waals surface area contributed by atoms with Gasteiger partial charge in [0.15, 0.2) is 0 Å². The van der Waals surface area contributed by atoms with Crippen LogP contribution in [0.3, 0.4) is 0 Å². The van der Waals surface area contributed by atoms with Crippen LogP contribution >= 0.6 is 0 Å². The second-order valence-electron chi connectivity index (χ2n) is 0.448. The van der Waals surface area contributed by atoms with E-state index in [1.165, 1.54) is 0 Å². The molecule has 1 unspecified atom stereocenters. The standard InChI is InChI=1S/AsH3.H3N.H2O4S/c;;1-5(2,3)4/h2*1H3;(H2,1,2,3,4). The van der Waals surface area contributed by atoms with Gasteiger partial charge >= 0.3 is 28.4 Å². The Balaban J connectivity index is -0.0000000800. The molecule has 0 aliphatic heterocycles. The van der Waals surface area contributed by atoms with Crippen LogP contribution in [0.25, 0.3) is 0 Å². The fourth-order valence-corrected chi connectivity index (χ4v) is 0. The summed E-state index contributed by atoms with van der Waals surface area (Å²) in [5, 5.41) is 0. The summed E-state index contributed by atoms with van der Waals surface area (Å²) in [5.41, 5.74) is 0. The average molecular weight is 193 g/mol. The summed E-state index contributed by atoms with van der Waals surface area (Å²) in [6.45, 7) is 0. The van der Waals surface area contributed by atoms with Gasteiger partial charge in [-0.25, -0.2) is 0 Å². The molecule has 0 aromatic heterocycles. The monoisotopic (exact) mass is 193 g/mol. The third kappa shape index (κ3) is 815. The summed E-state index contributed by atoms with van der Waals surface area (Å²) >= 11 is 0. The van der Waals surface area contributed by atoms with E-state index in [0.717, 1.165) is 0 Å². The number of hydrogen-bond acceptors (Lipinski definition) is 3. The van der Waals surface area contributed by atoms with Crippen LogP contribution in [-0.2, 0) is 10.4 Å². The zero-order chi connectivity index (χ0) is 4.50. The molecule has 0 fully saturated rings. The van der Waals surface area contributed by atoms with Gasteiger partial charge in [0.05, 0.1) is 0 Å². The van der Waals surface area contributed by atoms with Gasteiger partial charge in [-0.05, 0) is 0 Å². The summed E-state index contributed by atoms with van der Waals surface area (Å²) in [6.07, 6.45) is 0. The maximum absolute atomic E-state index is 8.74. The molecule has 0 saturated heterocycles. The van der Waals surface area contributed by atoms with E-state index in [0.29, 0.717) is 0 Å². The summed E-state index contributed by atoms with van der Waals surface area (Å²) in [4.78, 5) is 0. The van der Waals surface area contributed by atoms with Gasteiger partial charge in [-0.3, -0.25) is 9.11 Å². The van der Waals surface area contributed by atoms with Crippen LogP contribution in [0.5, 0.6) is 0 Å². The molecule has 0 bridgehead atoms. The minimum atomic E-state index is -4.67. The summed E-state index contributed by atoms with van der Waals surface area (Å²) < 4.78 is 31.6. The van der Waals surface area contributed by atoms with Crippen molar-refractivity contribution in [2.75, 3.05) is 0 Å². The van der Waals surface area contributed by atoms with Gasteiger partial charge in [-0.15, -0.1) is 0 Å². The van der Waals surface area contributed by atoms with E-state index < -0.39 is 10.4 Å². The van der Waals surface area contributed by atoms with E-state index in [4.69, 9.17) is 17.5 Å². The Morgan fingerprint density at radius 3 is 1.14 bits per heavy atom. The zero-order valence-electron chi connectivity index (χ0n) is 3.53. The number of rotatable bonds is 0. The molecule has 7 heavy (non-hydrogen) atoms. The Kier molecular flexibility index (Phi) is 10.2. The average Bonchev–Trinajstić information content (AvgIpc) is 0.722. The minimum absolute atomic E-state index is 0. The third-order valence-corrected chi connectivity index (χ3v) is 0. The van der Waals surface area contributed by atoms with Crippen molar-refractivity contribution in [3.05, 3.63) is 0 Å². The van der Waals surface area contributed by atoms with E-state index in [1.54, 1.807) is 0 Å². The van der Waals surface area contributed by atoms with Crippen molar-refractivity contribution in [1.29, 1.82) is 0 Å². The van der Waals surface area contributed by atoms with Crippen LogP contribution in [0.15, 0.2) is 0 Å². The van der Waals surface area contributed by atoms with Crippen molar-refractivity contribution in [2.24, 2.45) is 0 Å². The van der Waals surface area contributed by atoms with Gasteiger partial charge in [0.25, 0.3) is 0 Å². The van der Waals surface area contributed by atoms with Gasteiger partial charge in [0.2, 0.25) is 0 Å². The maximum atomic E-state index is 8.74. The van der Waals surface area contributed by atoms with E-state index in [-0.39, 0.29) is 24.1 Å². The molecular formula is H8AsNO4S. The van der Waals surface area contributed by atoms with Crippen LogP contribution in [0.1, 0.15) is 0 Å². The zero-order valence-corrected chi connectivity index (χ0v) is 7.32. The summed E-state index contributed by atoms with van der Waals surface area (Å²) in [5.74, 6) is 0. The molecule has 5 nitrogen and oxygen atoms in total. The van der Waals surface area contributed by atoms with Crippen molar-refractivity contribution in [1.82, 2.24) is 6.15 Å². The molecule has 5 N–H and O–H groups in total. The molecule has 1 atom stereocenters. The molecule has 0 aromatic rings. The van der Waals surface area contributed by atoms with Crippen molar-refractivity contribution >= 4 is 28.4 Å². The Hall–Kier alpha value is 0.388. The molecule has 7 heteroatoms. The van der Waals surface area contributed by atoms with E-state index in [2.05, 4.69) is 0 Å². The number of hydrogen-bond donors (Lipinski definition) is 3. The van der Waals surface area contributed by atoms with E-state index in [9.17, 15) is 0 Å². The van der Waals surface area contributed by atoms with Gasteiger partial charge < -0.3 is 6.15 Å². The Morgan fingerprint density at radius 1 is 1.14 bits per heavy atom. The van der Waals surface area contributed by atoms with Crippen molar-refractivity contribution in [3.8, 4) is 0 Å². The fraction of sp³-hybridized carbons (Fsp3) is 0. The summed E-state index contributed by atoms with van der Waals surface area (Å²) in [6, 6.07) is 0. The SMILES string of the molecule is N.O=S(=O)(O)O.[AsH3]. The van der Waals surface area contributed by atoms with Crippen LogP contribution < -0.4 is 6.15 Å². The van der Waals surface area contributed by atoms with Crippen molar-refractivity contribution in [3.63, 3.8) is 0 Å². The first-order chi connectivity index (χ1) is 2.00. The molecule has 0 aliphatic carbocycles. The van der Waals surface area contributed by atoms with Gasteiger partial charge in [-0.2, -0.15) is 8.42 Å². The molecule has 0 spiro atoms. The first kappa shape index (κ1) is 15.7. The molecular weight excluding hydrogens is 185 g/mol. The van der Waals surface area contributed by atoms with Crippen LogP contribution in [0, 0.1) is 0 Å². The first-order valence-corrected chi connectivity index (χ1v) is 2.10. The second kappa shape index (κ2) is 4.54. The fourth-order valence-electron chi connectivity index (χ4n) is 0. The molecule has 0 radical (unpaired) electrons. The predicted octanol–water partition coefficient (Wildman–Crippen LogP) is -1.67. The second-order valence-corrected chi connectivity index (χ2v) is 1.34. The summed E-state index contributed by atoms with van der Waals surface area (Å²) in [7, 11) is -4.67. The van der Waals surface area contributed by atoms with E-state index in [1.807, 2.05) is 0 Å². The molecule has 48 valence electrons. The van der Waals surface area contributed by atoms with Gasteiger partial charge in [-0.1, -0.05) is 0 Å². The molecule has 0 rings (SSSR count). The van der Waals surface area contributed by atoms with Gasteiger partial charge in [0.1, 0.15) is 0 Å². The van der Waals surface area contributed by atoms with Crippen molar-refractivity contribution < 1.29 is 17.5 Å². The Morgan fingerprint density at radius 2 is 1.14 bits per heavy atom. The van der Waals surface area contributed by atoms with Crippen LogP contribution in [-0.4, -0.2) is 35.5 Å². The quantitative estimate of drug-likeness (QED) is 0.314. The van der Waals surface area contributed by atoms with E-state index >= 15 is 0 Å². The Labute approximate surface area is 52.6 Å². The molecule has 0 aromatic carbocycles. The van der Waals surface area contributed by atoms with Gasteiger partial charge in [0, 0.05) is 0 Å². The Bertz CT molecular complexity index is 94.9. The molecule has 0 amide bonds. The molecule has 0 saturated carbocycles. The topological polar surface area (TPSA) is 110 Å². The molecule has 0 heterocycles. The van der Waals surface area contributed by atoms with Crippen LogP contribution in [0.4, 0.5) is 0 Å². The van der Waals surface area contributed by atoms with Crippen LogP contribution in [0.2, 0.25) is 0 Å². The normalized spacial score (nSPS) is 8.29. The first-order valence-electron chi connectivity index (χ1n) is 0.698. The molecule has 0 aliphatic rings. The van der Waals surface area contributed by atoms with Crippen molar-refractivity contribution in [2.45, 2.75) is 0 Å². The third-order valence-electron chi connectivity index (χ3n) is 0.